The molecule has 5 nitrogen and oxygen atoms in total. The molecule has 25 heavy (non-hydrogen) atoms. The third-order valence-corrected chi connectivity index (χ3v) is 7.94. The van der Waals surface area contributed by atoms with Crippen molar-refractivity contribution in [1.82, 2.24) is 10.2 Å². The number of hydrogen-bond acceptors (Lipinski definition) is 3. The lowest BCUT2D eigenvalue weighted by Crippen LogP contribution is -2.42. The smallest absolute Gasteiger partial charge is 0.317 e. The van der Waals surface area contributed by atoms with Crippen molar-refractivity contribution in [2.24, 2.45) is 0 Å². The fraction of sp³-hybridized carbons (Fsp3) is 0.611. The van der Waals surface area contributed by atoms with Crippen LogP contribution in [0.25, 0.3) is 0 Å². The Morgan fingerprint density at radius 2 is 1.92 bits per heavy atom. The van der Waals surface area contributed by atoms with Crippen LogP contribution in [-0.4, -0.2) is 49.5 Å². The SMILES string of the molecule is CCC(CNC(=O)N1CCC(C)(C)S(=O)(=O)CC1)c1ccc(Cl)cc1. The first-order valence-electron chi connectivity index (χ1n) is 8.67. The highest BCUT2D eigenvalue weighted by Gasteiger charge is 2.37. The first-order chi connectivity index (χ1) is 11.7. The number of carbonyl (C=O) groups excluding carboxylic acids is 1. The fourth-order valence-electron chi connectivity index (χ4n) is 2.94. The molecule has 0 radical (unpaired) electrons. The molecule has 1 aliphatic rings. The minimum Gasteiger partial charge on any atom is -0.337 e. The standard InChI is InChI=1S/C18H27ClN2O3S/c1-4-14(15-5-7-16(19)8-6-15)13-20-17(22)21-10-9-18(2,3)25(23,24)12-11-21/h5-8,14H,4,9-13H2,1-3H3,(H,20,22). The van der Waals surface area contributed by atoms with Crippen LogP contribution >= 0.6 is 11.6 Å². The van der Waals surface area contributed by atoms with Crippen LogP contribution in [0.3, 0.4) is 0 Å². The molecular formula is C18H27ClN2O3S. The lowest BCUT2D eigenvalue weighted by atomic mass is 9.96. The number of rotatable bonds is 4. The number of halogens is 1. The Morgan fingerprint density at radius 1 is 1.28 bits per heavy atom. The van der Waals surface area contributed by atoms with Crippen molar-refractivity contribution < 1.29 is 13.2 Å². The maximum absolute atomic E-state index is 12.5. The largest absolute Gasteiger partial charge is 0.337 e. The Morgan fingerprint density at radius 3 is 2.52 bits per heavy atom. The van der Waals surface area contributed by atoms with Gasteiger partial charge in [-0.25, -0.2) is 13.2 Å². The van der Waals surface area contributed by atoms with Gasteiger partial charge in [0, 0.05) is 30.6 Å². The molecule has 0 saturated carbocycles. The molecule has 0 aliphatic carbocycles. The highest BCUT2D eigenvalue weighted by molar-refractivity contribution is 7.92. The van der Waals surface area contributed by atoms with E-state index in [2.05, 4.69) is 12.2 Å². The maximum Gasteiger partial charge on any atom is 0.317 e. The van der Waals surface area contributed by atoms with Crippen molar-refractivity contribution >= 4 is 27.5 Å². The van der Waals surface area contributed by atoms with Crippen molar-refractivity contribution in [3.63, 3.8) is 0 Å². The van der Waals surface area contributed by atoms with E-state index in [1.54, 1.807) is 18.7 Å². The molecule has 1 atom stereocenters. The Hall–Kier alpha value is -1.27. The van der Waals surface area contributed by atoms with Crippen LogP contribution in [-0.2, 0) is 9.84 Å². The lowest BCUT2D eigenvalue weighted by Gasteiger charge is -2.24. The first-order valence-corrected chi connectivity index (χ1v) is 10.7. The molecule has 1 aliphatic heterocycles. The van der Waals surface area contributed by atoms with Gasteiger partial charge in [0.2, 0.25) is 0 Å². The van der Waals surface area contributed by atoms with E-state index in [1.807, 2.05) is 24.3 Å². The van der Waals surface area contributed by atoms with Gasteiger partial charge in [-0.3, -0.25) is 0 Å². The predicted octanol–water partition coefficient (Wildman–Crippen LogP) is 3.44. The van der Waals surface area contributed by atoms with Gasteiger partial charge in [-0.05, 0) is 44.4 Å². The average molecular weight is 387 g/mol. The molecule has 1 unspecified atom stereocenters. The van der Waals surface area contributed by atoms with Gasteiger partial charge in [0.1, 0.15) is 0 Å². The molecule has 0 aromatic heterocycles. The van der Waals surface area contributed by atoms with Gasteiger partial charge >= 0.3 is 6.03 Å². The lowest BCUT2D eigenvalue weighted by molar-refractivity contribution is 0.199. The molecule has 2 amide bonds. The zero-order valence-corrected chi connectivity index (χ0v) is 16.7. The monoisotopic (exact) mass is 386 g/mol. The Kier molecular flexibility index (Phi) is 6.38. The second kappa shape index (κ2) is 7.96. The summed E-state index contributed by atoms with van der Waals surface area (Å²) in [6, 6.07) is 7.46. The van der Waals surface area contributed by atoms with Crippen LogP contribution < -0.4 is 5.32 Å². The quantitative estimate of drug-likeness (QED) is 0.861. The Balaban J connectivity index is 1.96. The van der Waals surface area contributed by atoms with Crippen LogP contribution in [0.15, 0.2) is 24.3 Å². The van der Waals surface area contributed by atoms with Crippen molar-refractivity contribution in [2.45, 2.75) is 44.3 Å². The highest BCUT2D eigenvalue weighted by atomic mass is 35.5. The van der Waals surface area contributed by atoms with Crippen LogP contribution in [0.4, 0.5) is 4.79 Å². The summed E-state index contributed by atoms with van der Waals surface area (Å²) in [6.07, 6.45) is 1.35. The summed E-state index contributed by atoms with van der Waals surface area (Å²) in [6.45, 7) is 6.76. The average Bonchev–Trinajstić information content (AvgIpc) is 2.66. The van der Waals surface area contributed by atoms with E-state index in [1.165, 1.54) is 0 Å². The molecule has 140 valence electrons. The topological polar surface area (TPSA) is 66.5 Å². The molecule has 2 rings (SSSR count). The molecule has 1 N–H and O–H groups in total. The minimum atomic E-state index is -3.18. The van der Waals surface area contributed by atoms with Gasteiger partial charge in [0.25, 0.3) is 0 Å². The number of sulfone groups is 1. The fourth-order valence-corrected chi connectivity index (χ4v) is 4.48. The number of hydrogen-bond donors (Lipinski definition) is 1. The highest BCUT2D eigenvalue weighted by Crippen LogP contribution is 2.25. The van der Waals surface area contributed by atoms with Gasteiger partial charge in [0.15, 0.2) is 9.84 Å². The van der Waals surface area contributed by atoms with Crippen LogP contribution in [0, 0.1) is 0 Å². The molecular weight excluding hydrogens is 360 g/mol. The minimum absolute atomic E-state index is 0.0157. The normalized spacial score (nSPS) is 20.6. The number of urea groups is 1. The van der Waals surface area contributed by atoms with Crippen molar-refractivity contribution in [1.29, 1.82) is 0 Å². The molecule has 1 aromatic rings. The summed E-state index contributed by atoms with van der Waals surface area (Å²) < 4.78 is 23.7. The number of nitrogens with one attached hydrogen (secondary N) is 1. The number of amides is 2. The second-order valence-electron chi connectivity index (χ2n) is 7.16. The number of nitrogens with zero attached hydrogens (tertiary/aromatic N) is 1. The van der Waals surface area contributed by atoms with Crippen LogP contribution in [0.1, 0.15) is 45.1 Å². The van der Waals surface area contributed by atoms with Gasteiger partial charge in [0.05, 0.1) is 10.5 Å². The van der Waals surface area contributed by atoms with E-state index in [0.29, 0.717) is 24.5 Å². The van der Waals surface area contributed by atoms with Crippen molar-refractivity contribution in [2.75, 3.05) is 25.4 Å². The Labute approximate surface area is 155 Å². The van der Waals surface area contributed by atoms with E-state index in [9.17, 15) is 13.2 Å². The summed E-state index contributed by atoms with van der Waals surface area (Å²) in [5, 5.41) is 3.65. The Bertz CT molecular complexity index is 702. The molecule has 1 heterocycles. The summed E-state index contributed by atoms with van der Waals surface area (Å²) in [5.41, 5.74) is 1.13. The van der Waals surface area contributed by atoms with Crippen molar-refractivity contribution in [3.8, 4) is 0 Å². The van der Waals surface area contributed by atoms with Gasteiger partial charge in [-0.2, -0.15) is 0 Å². The third kappa shape index (κ3) is 4.88. The van der Waals surface area contributed by atoms with Crippen molar-refractivity contribution in [3.05, 3.63) is 34.9 Å². The zero-order valence-electron chi connectivity index (χ0n) is 15.1. The van der Waals surface area contributed by atoms with Crippen LogP contribution in [0.2, 0.25) is 5.02 Å². The number of carbonyl (C=O) groups is 1. The molecule has 7 heteroatoms. The van der Waals surface area contributed by atoms with Gasteiger partial charge < -0.3 is 10.2 Å². The summed E-state index contributed by atoms with van der Waals surface area (Å²) >= 11 is 5.92. The summed E-state index contributed by atoms with van der Waals surface area (Å²) in [4.78, 5) is 14.1. The molecule has 1 aromatic carbocycles. The zero-order chi connectivity index (χ0) is 18.7. The van der Waals surface area contributed by atoms with Crippen LogP contribution in [0.5, 0.6) is 0 Å². The van der Waals surface area contributed by atoms with E-state index in [4.69, 9.17) is 11.6 Å². The van der Waals surface area contributed by atoms with E-state index in [0.717, 1.165) is 12.0 Å². The predicted molar refractivity (Wildman–Crippen MR) is 102 cm³/mol. The number of benzene rings is 1. The van der Waals surface area contributed by atoms with E-state index < -0.39 is 14.6 Å². The van der Waals surface area contributed by atoms with E-state index >= 15 is 0 Å². The van der Waals surface area contributed by atoms with E-state index in [-0.39, 0.29) is 24.2 Å². The van der Waals surface area contributed by atoms with Gasteiger partial charge in [-0.15, -0.1) is 0 Å². The first kappa shape index (κ1) is 20.0. The third-order valence-electron chi connectivity index (χ3n) is 5.08. The summed E-state index contributed by atoms with van der Waals surface area (Å²) in [7, 11) is -3.18. The summed E-state index contributed by atoms with van der Waals surface area (Å²) in [5.74, 6) is 0.218. The molecule has 1 saturated heterocycles. The van der Waals surface area contributed by atoms with Gasteiger partial charge in [-0.1, -0.05) is 30.7 Å². The second-order valence-corrected chi connectivity index (χ2v) is 10.3. The molecule has 1 fully saturated rings. The maximum atomic E-state index is 12.5. The molecule has 0 spiro atoms. The molecule has 0 bridgehead atoms.